The standard InChI is InChI=1S/C26H30ClN3O2S/c1-17-12-18(2)16-30(15-17)11-5-10-28-25(31)20-8-9-23-22(13-20)29-26(32)24(33-23)14-19-6-3-4-7-21(19)27/h3-4,6-9,13-14,17-18H,5,10-12,15-16H2,1-2H3,(H,28,31)(H,29,32)/b24-14+/t17-,18+. The summed E-state index contributed by atoms with van der Waals surface area (Å²) < 4.78 is 0. The van der Waals surface area contributed by atoms with Gasteiger partial charge >= 0.3 is 0 Å². The highest BCUT2D eigenvalue weighted by molar-refractivity contribution is 8.04. The van der Waals surface area contributed by atoms with E-state index in [1.54, 1.807) is 24.3 Å². The van der Waals surface area contributed by atoms with Gasteiger partial charge in [0.25, 0.3) is 11.8 Å². The minimum absolute atomic E-state index is 0.116. The Labute approximate surface area is 205 Å². The van der Waals surface area contributed by atoms with Gasteiger partial charge < -0.3 is 15.5 Å². The largest absolute Gasteiger partial charge is 0.352 e. The molecule has 2 amide bonds. The molecule has 2 aromatic carbocycles. The van der Waals surface area contributed by atoms with Crippen molar-refractivity contribution >= 4 is 46.9 Å². The average Bonchev–Trinajstić information content (AvgIpc) is 2.77. The molecule has 2 aliphatic heterocycles. The van der Waals surface area contributed by atoms with E-state index in [1.165, 1.54) is 18.2 Å². The molecule has 0 unspecified atom stereocenters. The van der Waals surface area contributed by atoms with Crippen LogP contribution in [0.4, 0.5) is 5.69 Å². The molecule has 4 rings (SSSR count). The van der Waals surface area contributed by atoms with Crippen molar-refractivity contribution in [3.8, 4) is 0 Å². The van der Waals surface area contributed by atoms with Crippen LogP contribution in [0.15, 0.2) is 52.3 Å². The van der Waals surface area contributed by atoms with E-state index in [2.05, 4.69) is 29.4 Å². The van der Waals surface area contributed by atoms with Gasteiger partial charge in [0.1, 0.15) is 0 Å². The van der Waals surface area contributed by atoms with E-state index in [1.807, 2.05) is 24.3 Å². The average molecular weight is 484 g/mol. The summed E-state index contributed by atoms with van der Waals surface area (Å²) in [6.45, 7) is 8.56. The Kier molecular flexibility index (Phi) is 7.78. The van der Waals surface area contributed by atoms with Crippen molar-refractivity contribution < 1.29 is 9.59 Å². The van der Waals surface area contributed by atoms with Crippen molar-refractivity contribution in [2.75, 3.05) is 31.5 Å². The molecular formula is C26H30ClN3O2S. The van der Waals surface area contributed by atoms with Crippen molar-refractivity contribution in [2.24, 2.45) is 11.8 Å². The number of likely N-dealkylation sites (tertiary alicyclic amines) is 1. The molecule has 5 nitrogen and oxygen atoms in total. The number of rotatable bonds is 6. The number of carbonyl (C=O) groups excluding carboxylic acids is 2. The molecule has 1 fully saturated rings. The molecule has 2 aromatic rings. The summed E-state index contributed by atoms with van der Waals surface area (Å²) in [6, 6.07) is 12.8. The maximum Gasteiger partial charge on any atom is 0.262 e. The molecule has 0 aliphatic carbocycles. The zero-order valence-electron chi connectivity index (χ0n) is 19.1. The molecule has 2 N–H and O–H groups in total. The van der Waals surface area contributed by atoms with Gasteiger partial charge in [-0.3, -0.25) is 9.59 Å². The summed E-state index contributed by atoms with van der Waals surface area (Å²) in [7, 11) is 0. The molecule has 33 heavy (non-hydrogen) atoms. The quantitative estimate of drug-likeness (QED) is 0.419. The SMILES string of the molecule is C[C@@H]1C[C@H](C)CN(CCCNC(=O)c2ccc3c(c2)NC(=O)/C(=C\c2ccccc2Cl)S3)C1. The maximum absolute atomic E-state index is 12.6. The number of hydrogen-bond donors (Lipinski definition) is 2. The highest BCUT2D eigenvalue weighted by Gasteiger charge is 2.23. The van der Waals surface area contributed by atoms with Crippen LogP contribution in [-0.4, -0.2) is 42.9 Å². The molecule has 0 aromatic heterocycles. The number of nitrogens with zero attached hydrogens (tertiary/aromatic N) is 1. The van der Waals surface area contributed by atoms with Crippen LogP contribution in [0.3, 0.4) is 0 Å². The number of nitrogens with one attached hydrogen (secondary N) is 2. The summed E-state index contributed by atoms with van der Waals surface area (Å²) in [5, 5.41) is 6.52. The third kappa shape index (κ3) is 6.19. The second-order valence-electron chi connectivity index (χ2n) is 9.11. The molecule has 7 heteroatoms. The first-order valence-corrected chi connectivity index (χ1v) is 12.7. The number of hydrogen-bond acceptors (Lipinski definition) is 4. The Bertz CT molecular complexity index is 1060. The summed E-state index contributed by atoms with van der Waals surface area (Å²) in [5.74, 6) is 1.17. The first-order chi connectivity index (χ1) is 15.9. The van der Waals surface area contributed by atoms with Crippen molar-refractivity contribution in [3.05, 3.63) is 63.5 Å². The highest BCUT2D eigenvalue weighted by Crippen LogP contribution is 2.39. The molecule has 2 heterocycles. The summed E-state index contributed by atoms with van der Waals surface area (Å²) in [5.41, 5.74) is 2.00. The van der Waals surface area contributed by atoms with Crippen molar-refractivity contribution in [3.63, 3.8) is 0 Å². The molecule has 2 atom stereocenters. The fourth-order valence-electron chi connectivity index (χ4n) is 4.62. The Balaban J connectivity index is 1.33. The summed E-state index contributed by atoms with van der Waals surface area (Å²) in [4.78, 5) is 29.2. The first kappa shape index (κ1) is 23.9. The van der Waals surface area contributed by atoms with E-state index in [0.29, 0.717) is 27.7 Å². The number of thioether (sulfide) groups is 1. The van der Waals surface area contributed by atoms with Gasteiger partial charge in [0.05, 0.1) is 10.6 Å². The second-order valence-corrected chi connectivity index (χ2v) is 10.6. The zero-order chi connectivity index (χ0) is 23.4. The second kappa shape index (κ2) is 10.8. The van der Waals surface area contributed by atoms with Crippen molar-refractivity contribution in [1.29, 1.82) is 0 Å². The predicted octanol–water partition coefficient (Wildman–Crippen LogP) is 5.52. The van der Waals surface area contributed by atoms with Gasteiger partial charge in [0, 0.05) is 35.1 Å². The molecule has 0 radical (unpaired) electrons. The number of benzene rings is 2. The lowest BCUT2D eigenvalue weighted by molar-refractivity contribution is -0.112. The topological polar surface area (TPSA) is 61.4 Å². The third-order valence-corrected chi connectivity index (χ3v) is 7.45. The monoisotopic (exact) mass is 483 g/mol. The van der Waals surface area contributed by atoms with Gasteiger partial charge in [0.15, 0.2) is 0 Å². The zero-order valence-corrected chi connectivity index (χ0v) is 20.6. The van der Waals surface area contributed by atoms with E-state index in [-0.39, 0.29) is 11.8 Å². The highest BCUT2D eigenvalue weighted by atomic mass is 35.5. The van der Waals surface area contributed by atoms with E-state index in [9.17, 15) is 9.59 Å². The Hall–Kier alpha value is -2.28. The minimum Gasteiger partial charge on any atom is -0.352 e. The van der Waals surface area contributed by atoms with Crippen LogP contribution in [0.1, 0.15) is 42.6 Å². The van der Waals surface area contributed by atoms with E-state index < -0.39 is 0 Å². The van der Waals surface area contributed by atoms with Gasteiger partial charge in [-0.25, -0.2) is 0 Å². The number of piperidine rings is 1. The molecule has 0 bridgehead atoms. The van der Waals surface area contributed by atoms with Crippen LogP contribution < -0.4 is 10.6 Å². The van der Waals surface area contributed by atoms with Crippen LogP contribution in [-0.2, 0) is 4.79 Å². The third-order valence-electron chi connectivity index (χ3n) is 6.01. The summed E-state index contributed by atoms with van der Waals surface area (Å²) in [6.07, 6.45) is 4.02. The lowest BCUT2D eigenvalue weighted by Gasteiger charge is -2.34. The molecule has 0 saturated carbocycles. The smallest absolute Gasteiger partial charge is 0.262 e. The lowest BCUT2D eigenvalue weighted by Crippen LogP contribution is -2.40. The van der Waals surface area contributed by atoms with E-state index in [0.717, 1.165) is 48.3 Å². The van der Waals surface area contributed by atoms with Crippen LogP contribution in [0, 0.1) is 11.8 Å². The Morgan fingerprint density at radius 1 is 1.21 bits per heavy atom. The Morgan fingerprint density at radius 2 is 1.97 bits per heavy atom. The Morgan fingerprint density at radius 3 is 2.73 bits per heavy atom. The van der Waals surface area contributed by atoms with Gasteiger partial charge in [0.2, 0.25) is 0 Å². The fourth-order valence-corrected chi connectivity index (χ4v) is 5.73. The van der Waals surface area contributed by atoms with Gasteiger partial charge in [-0.2, -0.15) is 0 Å². The molecule has 174 valence electrons. The first-order valence-electron chi connectivity index (χ1n) is 11.5. The predicted molar refractivity (Wildman–Crippen MR) is 137 cm³/mol. The van der Waals surface area contributed by atoms with Crippen molar-refractivity contribution in [2.45, 2.75) is 31.6 Å². The van der Waals surface area contributed by atoms with Crippen LogP contribution >= 0.6 is 23.4 Å². The van der Waals surface area contributed by atoms with E-state index in [4.69, 9.17) is 11.6 Å². The number of fused-ring (bicyclic) bond motifs is 1. The van der Waals surface area contributed by atoms with Crippen LogP contribution in [0.2, 0.25) is 5.02 Å². The summed E-state index contributed by atoms with van der Waals surface area (Å²) >= 11 is 7.60. The molecule has 0 spiro atoms. The van der Waals surface area contributed by atoms with Gasteiger partial charge in [-0.15, -0.1) is 0 Å². The number of amides is 2. The van der Waals surface area contributed by atoms with Crippen molar-refractivity contribution in [1.82, 2.24) is 10.2 Å². The fraction of sp³-hybridized carbons (Fsp3) is 0.385. The minimum atomic E-state index is -0.199. The van der Waals surface area contributed by atoms with E-state index >= 15 is 0 Å². The maximum atomic E-state index is 12.6. The number of anilines is 1. The van der Waals surface area contributed by atoms with Gasteiger partial charge in [-0.05, 0) is 67.1 Å². The molecule has 1 saturated heterocycles. The van der Waals surface area contributed by atoms with Crippen LogP contribution in [0.5, 0.6) is 0 Å². The van der Waals surface area contributed by atoms with Gasteiger partial charge in [-0.1, -0.05) is 55.4 Å². The number of halogens is 1. The lowest BCUT2D eigenvalue weighted by atomic mass is 9.92. The molecular weight excluding hydrogens is 454 g/mol. The molecule has 2 aliphatic rings. The normalized spacial score (nSPS) is 22.0. The number of carbonyl (C=O) groups is 2. The van der Waals surface area contributed by atoms with Crippen LogP contribution in [0.25, 0.3) is 6.08 Å².